The summed E-state index contributed by atoms with van der Waals surface area (Å²) in [6.07, 6.45) is -0.0558. The Labute approximate surface area is 115 Å². The summed E-state index contributed by atoms with van der Waals surface area (Å²) in [5.41, 5.74) is 0.771. The van der Waals surface area contributed by atoms with Crippen LogP contribution in [0.1, 0.15) is 28.3 Å². The molecule has 0 radical (unpaired) electrons. The van der Waals surface area contributed by atoms with Gasteiger partial charge in [-0.1, -0.05) is 24.3 Å². The quantitative estimate of drug-likeness (QED) is 0.865. The molecule has 0 aromatic heterocycles. The van der Waals surface area contributed by atoms with E-state index in [2.05, 4.69) is 0 Å². The smallest absolute Gasteiger partial charge is 0.168 e. The number of ketones is 1. The molecule has 4 heteroatoms. The number of para-hydroxylation sites is 1. The summed E-state index contributed by atoms with van der Waals surface area (Å²) in [4.78, 5) is 12.1. The predicted molar refractivity (Wildman–Crippen MR) is 71.8 cm³/mol. The number of nitrogens with zero attached hydrogens (tertiary/aromatic N) is 1. The molecule has 2 aromatic carbocycles. The maximum absolute atomic E-state index is 12.9. The van der Waals surface area contributed by atoms with Crippen molar-refractivity contribution < 1.29 is 14.3 Å². The van der Waals surface area contributed by atoms with Crippen LogP contribution in [0.3, 0.4) is 0 Å². The van der Waals surface area contributed by atoms with Crippen LogP contribution in [0.4, 0.5) is 4.39 Å². The van der Waals surface area contributed by atoms with E-state index < -0.39 is 11.7 Å². The van der Waals surface area contributed by atoms with Gasteiger partial charge in [-0.2, -0.15) is 5.26 Å². The third kappa shape index (κ3) is 3.01. The summed E-state index contributed by atoms with van der Waals surface area (Å²) >= 11 is 0. The SMILES string of the molecule is N#CC(CC(=O)c1ccccc1O)c1ccc(F)cc1. The maximum Gasteiger partial charge on any atom is 0.168 e. The zero-order chi connectivity index (χ0) is 14.5. The van der Waals surface area contributed by atoms with Gasteiger partial charge in [0.2, 0.25) is 0 Å². The lowest BCUT2D eigenvalue weighted by molar-refractivity contribution is 0.0976. The van der Waals surface area contributed by atoms with Crippen molar-refractivity contribution in [1.82, 2.24) is 0 Å². The first-order valence-electron chi connectivity index (χ1n) is 6.08. The van der Waals surface area contributed by atoms with E-state index in [1.54, 1.807) is 12.1 Å². The van der Waals surface area contributed by atoms with Crippen LogP contribution in [0, 0.1) is 17.1 Å². The topological polar surface area (TPSA) is 61.1 Å². The summed E-state index contributed by atoms with van der Waals surface area (Å²) in [5, 5.41) is 18.8. The Balaban J connectivity index is 2.19. The summed E-state index contributed by atoms with van der Waals surface area (Å²) < 4.78 is 12.9. The van der Waals surface area contributed by atoms with Crippen molar-refractivity contribution in [1.29, 1.82) is 5.26 Å². The number of carbonyl (C=O) groups is 1. The van der Waals surface area contributed by atoms with Crippen LogP contribution >= 0.6 is 0 Å². The molecule has 0 aliphatic rings. The number of Topliss-reactive ketones (excluding diaryl/α,β-unsaturated/α-hetero) is 1. The van der Waals surface area contributed by atoms with E-state index in [9.17, 15) is 14.3 Å². The van der Waals surface area contributed by atoms with E-state index in [4.69, 9.17) is 5.26 Å². The average Bonchev–Trinajstić information content (AvgIpc) is 2.46. The molecule has 1 N–H and O–H groups in total. The van der Waals surface area contributed by atoms with E-state index in [0.717, 1.165) is 0 Å². The molecule has 0 spiro atoms. The minimum absolute atomic E-state index is 0.0558. The molecule has 2 rings (SSSR count). The van der Waals surface area contributed by atoms with Crippen LogP contribution < -0.4 is 0 Å². The average molecular weight is 269 g/mol. The molecule has 0 fully saturated rings. The second-order valence-corrected chi connectivity index (χ2v) is 4.38. The van der Waals surface area contributed by atoms with Crippen LogP contribution in [-0.2, 0) is 0 Å². The van der Waals surface area contributed by atoms with Gasteiger partial charge in [-0.15, -0.1) is 0 Å². The highest BCUT2D eigenvalue weighted by Gasteiger charge is 2.18. The number of hydrogen-bond acceptors (Lipinski definition) is 3. The number of halogens is 1. The molecule has 3 nitrogen and oxygen atoms in total. The van der Waals surface area contributed by atoms with E-state index in [-0.39, 0.29) is 23.5 Å². The highest BCUT2D eigenvalue weighted by atomic mass is 19.1. The summed E-state index contributed by atoms with van der Waals surface area (Å²) in [6.45, 7) is 0. The van der Waals surface area contributed by atoms with E-state index >= 15 is 0 Å². The van der Waals surface area contributed by atoms with Crippen molar-refractivity contribution in [2.45, 2.75) is 12.3 Å². The molecular weight excluding hydrogens is 257 g/mol. The molecule has 0 amide bonds. The van der Waals surface area contributed by atoms with Gasteiger partial charge in [-0.3, -0.25) is 4.79 Å². The standard InChI is InChI=1S/C16H12FNO2/c17-13-7-5-11(6-8-13)12(10-18)9-16(20)14-3-1-2-4-15(14)19/h1-8,12,19H,9H2. The van der Waals surface area contributed by atoms with Gasteiger partial charge in [-0.05, 0) is 29.8 Å². The molecular formula is C16H12FNO2. The third-order valence-corrected chi connectivity index (χ3v) is 3.02. The molecule has 0 bridgehead atoms. The van der Waals surface area contributed by atoms with Gasteiger partial charge in [0.1, 0.15) is 11.6 Å². The zero-order valence-electron chi connectivity index (χ0n) is 10.6. The minimum Gasteiger partial charge on any atom is -0.507 e. The number of carbonyl (C=O) groups excluding carboxylic acids is 1. The lowest BCUT2D eigenvalue weighted by Gasteiger charge is -2.09. The lowest BCUT2D eigenvalue weighted by atomic mass is 9.92. The van der Waals surface area contributed by atoms with Gasteiger partial charge in [-0.25, -0.2) is 4.39 Å². The van der Waals surface area contributed by atoms with Crippen molar-refractivity contribution in [3.05, 3.63) is 65.5 Å². The van der Waals surface area contributed by atoms with Crippen LogP contribution in [0.5, 0.6) is 5.75 Å². The van der Waals surface area contributed by atoms with Gasteiger partial charge >= 0.3 is 0 Å². The molecule has 1 unspecified atom stereocenters. The zero-order valence-corrected chi connectivity index (χ0v) is 10.6. The van der Waals surface area contributed by atoms with Crippen LogP contribution in [0.2, 0.25) is 0 Å². The highest BCUT2D eigenvalue weighted by molar-refractivity contribution is 5.99. The number of benzene rings is 2. The predicted octanol–water partition coefficient (Wildman–Crippen LogP) is 3.41. The lowest BCUT2D eigenvalue weighted by Crippen LogP contribution is -2.06. The molecule has 1 atom stereocenters. The Morgan fingerprint density at radius 2 is 1.85 bits per heavy atom. The Hall–Kier alpha value is -2.67. The molecule has 0 aliphatic heterocycles. The van der Waals surface area contributed by atoms with Crippen LogP contribution in [0.15, 0.2) is 48.5 Å². The monoisotopic (exact) mass is 269 g/mol. The number of phenols is 1. The van der Waals surface area contributed by atoms with Gasteiger partial charge in [0.05, 0.1) is 17.6 Å². The maximum atomic E-state index is 12.9. The Bertz CT molecular complexity index is 659. The van der Waals surface area contributed by atoms with Gasteiger partial charge in [0.15, 0.2) is 5.78 Å². The Kier molecular flexibility index (Phi) is 4.11. The molecule has 2 aromatic rings. The largest absolute Gasteiger partial charge is 0.507 e. The molecule has 0 heterocycles. The fourth-order valence-corrected chi connectivity index (χ4v) is 1.94. The van der Waals surface area contributed by atoms with Gasteiger partial charge in [0.25, 0.3) is 0 Å². The Morgan fingerprint density at radius 3 is 2.45 bits per heavy atom. The van der Waals surface area contributed by atoms with Crippen molar-refractivity contribution in [2.24, 2.45) is 0 Å². The first-order valence-corrected chi connectivity index (χ1v) is 6.08. The highest BCUT2D eigenvalue weighted by Crippen LogP contribution is 2.24. The first kappa shape index (κ1) is 13.8. The van der Waals surface area contributed by atoms with Crippen molar-refractivity contribution in [3.8, 4) is 11.8 Å². The number of aromatic hydroxyl groups is 1. The van der Waals surface area contributed by atoms with Crippen LogP contribution in [0.25, 0.3) is 0 Å². The molecule has 100 valence electrons. The van der Waals surface area contributed by atoms with Crippen molar-refractivity contribution in [3.63, 3.8) is 0 Å². The summed E-state index contributed by atoms with van der Waals surface area (Å²) in [5.74, 6) is -1.48. The fourth-order valence-electron chi connectivity index (χ4n) is 1.94. The minimum atomic E-state index is -0.664. The van der Waals surface area contributed by atoms with Crippen molar-refractivity contribution >= 4 is 5.78 Å². The molecule has 0 aliphatic carbocycles. The number of rotatable bonds is 4. The Morgan fingerprint density at radius 1 is 1.20 bits per heavy atom. The molecule has 0 saturated heterocycles. The van der Waals surface area contributed by atoms with Crippen LogP contribution in [-0.4, -0.2) is 10.9 Å². The van der Waals surface area contributed by atoms with Gasteiger partial charge in [0, 0.05) is 6.42 Å². The van der Waals surface area contributed by atoms with E-state index in [1.807, 2.05) is 6.07 Å². The number of phenolic OH excluding ortho intramolecular Hbond substituents is 1. The summed E-state index contributed by atoms with van der Waals surface area (Å²) in [7, 11) is 0. The van der Waals surface area contributed by atoms with Gasteiger partial charge < -0.3 is 5.11 Å². The second-order valence-electron chi connectivity index (χ2n) is 4.38. The first-order chi connectivity index (χ1) is 9.61. The van der Waals surface area contributed by atoms with Crippen molar-refractivity contribution in [2.75, 3.05) is 0 Å². The second kappa shape index (κ2) is 5.98. The number of nitriles is 1. The summed E-state index contributed by atoms with van der Waals surface area (Å²) in [6, 6.07) is 13.7. The number of hydrogen-bond donors (Lipinski definition) is 1. The fraction of sp³-hybridized carbons (Fsp3) is 0.125. The molecule has 0 saturated carbocycles. The van der Waals surface area contributed by atoms with E-state index in [0.29, 0.717) is 5.56 Å². The normalized spacial score (nSPS) is 11.6. The molecule has 20 heavy (non-hydrogen) atoms. The van der Waals surface area contributed by atoms with E-state index in [1.165, 1.54) is 36.4 Å². The third-order valence-electron chi connectivity index (χ3n) is 3.02.